The van der Waals surface area contributed by atoms with E-state index in [2.05, 4.69) is 0 Å². The van der Waals surface area contributed by atoms with E-state index in [-0.39, 0.29) is 17.7 Å². The van der Waals surface area contributed by atoms with Crippen molar-refractivity contribution in [2.75, 3.05) is 7.11 Å². The van der Waals surface area contributed by atoms with Gasteiger partial charge < -0.3 is 9.84 Å². The maximum Gasteiger partial charge on any atom is 0.170 e. The first-order chi connectivity index (χ1) is 9.54. The molecule has 20 heavy (non-hydrogen) atoms. The topological polar surface area (TPSA) is 29.5 Å². The Morgan fingerprint density at radius 3 is 2.35 bits per heavy atom. The van der Waals surface area contributed by atoms with E-state index in [1.54, 1.807) is 24.3 Å². The van der Waals surface area contributed by atoms with Gasteiger partial charge in [-0.25, -0.2) is 4.39 Å². The summed E-state index contributed by atoms with van der Waals surface area (Å²) in [6.45, 7) is 0. The number of hydrogen-bond donors (Lipinski definition) is 1. The summed E-state index contributed by atoms with van der Waals surface area (Å²) >= 11 is 12.1. The maximum atomic E-state index is 14.1. The van der Waals surface area contributed by atoms with Gasteiger partial charge in [0.05, 0.1) is 13.2 Å². The third kappa shape index (κ3) is 3.06. The second-order valence-electron chi connectivity index (χ2n) is 4.28. The number of aliphatic hydroxyl groups is 1. The van der Waals surface area contributed by atoms with Crippen LogP contribution < -0.4 is 4.74 Å². The first-order valence-electron chi connectivity index (χ1n) is 5.98. The van der Waals surface area contributed by atoms with E-state index in [1.165, 1.54) is 19.2 Å². The highest BCUT2D eigenvalue weighted by Crippen LogP contribution is 2.32. The highest BCUT2D eigenvalue weighted by Gasteiger charge is 2.19. The molecule has 0 radical (unpaired) electrons. The lowest BCUT2D eigenvalue weighted by atomic mass is 10.0. The van der Waals surface area contributed by atoms with E-state index in [4.69, 9.17) is 27.9 Å². The van der Waals surface area contributed by atoms with Crippen molar-refractivity contribution >= 4 is 23.2 Å². The normalized spacial score (nSPS) is 12.2. The lowest BCUT2D eigenvalue weighted by Gasteiger charge is -2.15. The molecule has 0 aromatic heterocycles. The van der Waals surface area contributed by atoms with Crippen molar-refractivity contribution < 1.29 is 14.2 Å². The summed E-state index contributed by atoms with van der Waals surface area (Å²) in [7, 11) is 1.37. The summed E-state index contributed by atoms with van der Waals surface area (Å²) in [5.41, 5.74) is 0.742. The van der Waals surface area contributed by atoms with Gasteiger partial charge in [-0.15, -0.1) is 0 Å². The van der Waals surface area contributed by atoms with E-state index in [1.807, 2.05) is 0 Å². The number of ether oxygens (including phenoxy) is 1. The van der Waals surface area contributed by atoms with Crippen LogP contribution in [0.1, 0.15) is 17.2 Å². The number of rotatable bonds is 4. The summed E-state index contributed by atoms with van der Waals surface area (Å²) in [6.07, 6.45) is -0.926. The minimum absolute atomic E-state index is 0.0896. The third-order valence-corrected chi connectivity index (χ3v) is 3.74. The first kappa shape index (κ1) is 15.1. The van der Waals surface area contributed by atoms with Crippen molar-refractivity contribution in [2.45, 2.75) is 12.5 Å². The quantitative estimate of drug-likeness (QED) is 0.905. The molecule has 0 bridgehead atoms. The van der Waals surface area contributed by atoms with Crippen molar-refractivity contribution in [2.24, 2.45) is 0 Å². The van der Waals surface area contributed by atoms with Gasteiger partial charge in [0.2, 0.25) is 0 Å². The number of benzene rings is 2. The standard InChI is InChI=1S/C15H13Cl2FO2/c1-20-14-7-2-4-9(15(14)18)13(19)8-10-11(16)5-3-6-12(10)17/h2-7,13,19H,8H2,1H3. The Labute approximate surface area is 126 Å². The molecule has 0 saturated carbocycles. The Balaban J connectivity index is 2.31. The molecular formula is C15H13Cl2FO2. The minimum Gasteiger partial charge on any atom is -0.494 e. The van der Waals surface area contributed by atoms with Gasteiger partial charge in [0, 0.05) is 22.0 Å². The lowest BCUT2D eigenvalue weighted by Crippen LogP contribution is -2.06. The van der Waals surface area contributed by atoms with Crippen LogP contribution >= 0.6 is 23.2 Å². The summed E-state index contributed by atoms with van der Waals surface area (Å²) in [5, 5.41) is 11.1. The van der Waals surface area contributed by atoms with Crippen molar-refractivity contribution in [3.63, 3.8) is 0 Å². The molecule has 0 heterocycles. The van der Waals surface area contributed by atoms with Crippen LogP contribution in [-0.4, -0.2) is 12.2 Å². The number of aliphatic hydroxyl groups excluding tert-OH is 1. The fourth-order valence-electron chi connectivity index (χ4n) is 1.97. The molecule has 106 valence electrons. The van der Waals surface area contributed by atoms with Crippen LogP contribution in [0.25, 0.3) is 0 Å². The van der Waals surface area contributed by atoms with Crippen LogP contribution in [0.3, 0.4) is 0 Å². The summed E-state index contributed by atoms with van der Waals surface area (Å²) in [5.74, 6) is -0.488. The SMILES string of the molecule is COc1cccc(C(O)Cc2c(Cl)cccc2Cl)c1F. The van der Waals surface area contributed by atoms with E-state index in [9.17, 15) is 9.50 Å². The van der Waals surface area contributed by atoms with Gasteiger partial charge in [-0.05, 0) is 23.8 Å². The molecule has 0 aliphatic carbocycles. The van der Waals surface area contributed by atoms with Crippen LogP contribution in [0.5, 0.6) is 5.75 Å². The highest BCUT2D eigenvalue weighted by atomic mass is 35.5. The number of hydrogen-bond acceptors (Lipinski definition) is 2. The zero-order valence-corrected chi connectivity index (χ0v) is 12.2. The second kappa shape index (κ2) is 6.44. The largest absolute Gasteiger partial charge is 0.494 e. The zero-order valence-electron chi connectivity index (χ0n) is 10.7. The monoisotopic (exact) mass is 314 g/mol. The van der Waals surface area contributed by atoms with Crippen LogP contribution in [-0.2, 0) is 6.42 Å². The van der Waals surface area contributed by atoms with Crippen LogP contribution in [0.2, 0.25) is 10.0 Å². The second-order valence-corrected chi connectivity index (χ2v) is 5.10. The van der Waals surface area contributed by atoms with Gasteiger partial charge in [0.15, 0.2) is 11.6 Å². The third-order valence-electron chi connectivity index (χ3n) is 3.03. The molecule has 0 fully saturated rings. The molecule has 1 N–H and O–H groups in total. The Morgan fingerprint density at radius 1 is 1.15 bits per heavy atom. The van der Waals surface area contributed by atoms with Gasteiger partial charge in [-0.2, -0.15) is 0 Å². The lowest BCUT2D eigenvalue weighted by molar-refractivity contribution is 0.172. The smallest absolute Gasteiger partial charge is 0.170 e. The predicted molar refractivity (Wildman–Crippen MR) is 78.1 cm³/mol. The fraction of sp³-hybridized carbons (Fsp3) is 0.200. The highest BCUT2D eigenvalue weighted by molar-refractivity contribution is 6.36. The average Bonchev–Trinajstić information content (AvgIpc) is 2.43. The van der Waals surface area contributed by atoms with E-state index in [0.29, 0.717) is 15.6 Å². The fourth-order valence-corrected chi connectivity index (χ4v) is 2.53. The molecule has 0 aliphatic heterocycles. The van der Waals surface area contributed by atoms with Crippen LogP contribution in [0.15, 0.2) is 36.4 Å². The summed E-state index contributed by atoms with van der Waals surface area (Å²) in [4.78, 5) is 0. The van der Waals surface area contributed by atoms with Crippen LogP contribution in [0, 0.1) is 5.82 Å². The molecule has 2 aromatic rings. The van der Waals surface area contributed by atoms with Gasteiger partial charge in [-0.3, -0.25) is 0 Å². The van der Waals surface area contributed by atoms with Gasteiger partial charge in [-0.1, -0.05) is 41.4 Å². The predicted octanol–water partition coefficient (Wildman–Crippen LogP) is 4.42. The summed E-state index contributed by atoms with van der Waals surface area (Å²) in [6, 6.07) is 9.69. The molecule has 1 atom stereocenters. The molecule has 2 nitrogen and oxygen atoms in total. The molecule has 2 rings (SSSR count). The zero-order chi connectivity index (χ0) is 14.7. The Kier molecular flexibility index (Phi) is 4.86. The Bertz CT molecular complexity index is 597. The Morgan fingerprint density at radius 2 is 1.75 bits per heavy atom. The van der Waals surface area contributed by atoms with Gasteiger partial charge in [0.25, 0.3) is 0 Å². The van der Waals surface area contributed by atoms with E-state index < -0.39 is 11.9 Å². The van der Waals surface area contributed by atoms with E-state index >= 15 is 0 Å². The molecule has 5 heteroatoms. The first-order valence-corrected chi connectivity index (χ1v) is 6.73. The van der Waals surface area contributed by atoms with E-state index in [0.717, 1.165) is 0 Å². The van der Waals surface area contributed by atoms with Crippen LogP contribution in [0.4, 0.5) is 4.39 Å². The Hall–Kier alpha value is -1.29. The van der Waals surface area contributed by atoms with Gasteiger partial charge >= 0.3 is 0 Å². The summed E-state index contributed by atoms with van der Waals surface area (Å²) < 4.78 is 19.0. The number of methoxy groups -OCH3 is 1. The average molecular weight is 315 g/mol. The molecule has 2 aromatic carbocycles. The maximum absolute atomic E-state index is 14.1. The van der Waals surface area contributed by atoms with Crippen molar-refractivity contribution in [1.82, 2.24) is 0 Å². The van der Waals surface area contributed by atoms with Crippen molar-refractivity contribution in [3.8, 4) is 5.75 Å². The van der Waals surface area contributed by atoms with Crippen molar-refractivity contribution in [1.29, 1.82) is 0 Å². The van der Waals surface area contributed by atoms with Gasteiger partial charge in [0.1, 0.15) is 0 Å². The molecule has 0 aliphatic rings. The molecule has 0 amide bonds. The minimum atomic E-state index is -1.05. The number of halogens is 3. The molecule has 0 saturated heterocycles. The molecular weight excluding hydrogens is 302 g/mol. The van der Waals surface area contributed by atoms with Crippen molar-refractivity contribution in [3.05, 3.63) is 63.4 Å². The molecule has 0 spiro atoms. The molecule has 1 unspecified atom stereocenters.